The normalized spacial score (nSPS) is 10.8. The predicted octanol–water partition coefficient (Wildman–Crippen LogP) is 2.63. The van der Waals surface area contributed by atoms with E-state index in [4.69, 9.17) is 5.11 Å². The summed E-state index contributed by atoms with van der Waals surface area (Å²) >= 11 is 0. The van der Waals surface area contributed by atoms with Crippen molar-refractivity contribution in [2.45, 2.75) is 6.92 Å². The number of carbonyl (C=O) groups is 1. The maximum Gasteiger partial charge on any atom is 0.337 e. The first-order valence-electron chi connectivity index (χ1n) is 5.80. The molecule has 0 fully saturated rings. The number of aromatic amines is 1. The number of hydrogen-bond acceptors (Lipinski definition) is 3. The van der Waals surface area contributed by atoms with Gasteiger partial charge in [-0.2, -0.15) is 0 Å². The van der Waals surface area contributed by atoms with Gasteiger partial charge in [-0.05, 0) is 18.6 Å². The summed E-state index contributed by atoms with van der Waals surface area (Å²) in [6.07, 6.45) is 1.31. The molecule has 0 spiro atoms. The molecule has 0 aliphatic carbocycles. The molecule has 0 aliphatic rings. The van der Waals surface area contributed by atoms with Crippen molar-refractivity contribution in [1.29, 1.82) is 0 Å². The van der Waals surface area contributed by atoms with E-state index in [1.165, 1.54) is 6.20 Å². The molecule has 0 bridgehead atoms. The molecule has 3 aromatic rings. The van der Waals surface area contributed by atoms with Gasteiger partial charge in [0.05, 0.1) is 11.1 Å². The number of aryl methyl sites for hydroxylation is 1. The van der Waals surface area contributed by atoms with E-state index in [9.17, 15) is 4.79 Å². The molecule has 0 saturated carbocycles. The average molecular weight is 253 g/mol. The molecule has 19 heavy (non-hydrogen) atoms. The Morgan fingerprint density at radius 2 is 2.11 bits per heavy atom. The molecule has 1 aromatic carbocycles. The lowest BCUT2D eigenvalue weighted by atomic mass is 10.1. The Kier molecular flexibility index (Phi) is 2.52. The second-order valence-corrected chi connectivity index (χ2v) is 4.30. The SMILES string of the molecule is Cc1ccccc1-c1nc2ncc(C(=O)O)cc2[nH]1. The van der Waals surface area contributed by atoms with E-state index in [2.05, 4.69) is 15.0 Å². The maximum atomic E-state index is 10.9. The van der Waals surface area contributed by atoms with Crippen LogP contribution in [0.25, 0.3) is 22.6 Å². The van der Waals surface area contributed by atoms with Crippen LogP contribution in [0, 0.1) is 6.92 Å². The first-order chi connectivity index (χ1) is 9.15. The maximum absolute atomic E-state index is 10.9. The second kappa shape index (κ2) is 4.20. The van der Waals surface area contributed by atoms with Crippen LogP contribution >= 0.6 is 0 Å². The van der Waals surface area contributed by atoms with Crippen LogP contribution in [0.2, 0.25) is 0 Å². The highest BCUT2D eigenvalue weighted by molar-refractivity contribution is 5.91. The Hall–Kier alpha value is -2.69. The third kappa shape index (κ3) is 1.95. The number of aromatic nitrogens is 3. The highest BCUT2D eigenvalue weighted by Gasteiger charge is 2.10. The monoisotopic (exact) mass is 253 g/mol. The smallest absolute Gasteiger partial charge is 0.337 e. The van der Waals surface area contributed by atoms with Crippen molar-refractivity contribution in [3.8, 4) is 11.4 Å². The summed E-state index contributed by atoms with van der Waals surface area (Å²) in [4.78, 5) is 22.5. The molecule has 0 radical (unpaired) electrons. The summed E-state index contributed by atoms with van der Waals surface area (Å²) in [6, 6.07) is 9.40. The number of rotatable bonds is 2. The van der Waals surface area contributed by atoms with Crippen molar-refractivity contribution in [3.05, 3.63) is 47.7 Å². The van der Waals surface area contributed by atoms with Crippen molar-refractivity contribution < 1.29 is 9.90 Å². The molecule has 2 N–H and O–H groups in total. The molecular formula is C14H11N3O2. The Morgan fingerprint density at radius 3 is 2.84 bits per heavy atom. The number of carboxylic acid groups (broad SMARTS) is 1. The summed E-state index contributed by atoms with van der Waals surface area (Å²) < 4.78 is 0. The van der Waals surface area contributed by atoms with E-state index < -0.39 is 5.97 Å². The fourth-order valence-corrected chi connectivity index (χ4v) is 1.98. The van der Waals surface area contributed by atoms with E-state index in [1.54, 1.807) is 6.07 Å². The van der Waals surface area contributed by atoms with Crippen molar-refractivity contribution in [1.82, 2.24) is 15.0 Å². The van der Waals surface area contributed by atoms with Gasteiger partial charge in [0.15, 0.2) is 5.65 Å². The van der Waals surface area contributed by atoms with Crippen LogP contribution in [0.4, 0.5) is 0 Å². The van der Waals surface area contributed by atoms with Crippen LogP contribution in [0.5, 0.6) is 0 Å². The van der Waals surface area contributed by atoms with E-state index in [0.717, 1.165) is 11.1 Å². The number of hydrogen-bond donors (Lipinski definition) is 2. The highest BCUT2D eigenvalue weighted by atomic mass is 16.4. The molecule has 5 nitrogen and oxygen atoms in total. The van der Waals surface area contributed by atoms with Crippen molar-refractivity contribution in [2.24, 2.45) is 0 Å². The third-order valence-electron chi connectivity index (χ3n) is 2.98. The van der Waals surface area contributed by atoms with Crippen molar-refractivity contribution >= 4 is 17.1 Å². The minimum Gasteiger partial charge on any atom is -0.478 e. The van der Waals surface area contributed by atoms with Crippen LogP contribution in [-0.2, 0) is 0 Å². The Balaban J connectivity index is 2.17. The van der Waals surface area contributed by atoms with Gasteiger partial charge in [-0.15, -0.1) is 0 Å². The van der Waals surface area contributed by atoms with E-state index in [-0.39, 0.29) is 5.56 Å². The second-order valence-electron chi connectivity index (χ2n) is 4.30. The zero-order valence-corrected chi connectivity index (χ0v) is 10.2. The number of H-pyrrole nitrogens is 1. The van der Waals surface area contributed by atoms with E-state index in [1.807, 2.05) is 31.2 Å². The molecular weight excluding hydrogens is 242 g/mol. The fraction of sp³-hybridized carbons (Fsp3) is 0.0714. The predicted molar refractivity (Wildman–Crippen MR) is 71.0 cm³/mol. The van der Waals surface area contributed by atoms with Gasteiger partial charge in [-0.25, -0.2) is 14.8 Å². The van der Waals surface area contributed by atoms with E-state index >= 15 is 0 Å². The number of imidazole rings is 1. The third-order valence-corrected chi connectivity index (χ3v) is 2.98. The first-order valence-corrected chi connectivity index (χ1v) is 5.80. The van der Waals surface area contributed by atoms with Gasteiger partial charge in [0, 0.05) is 11.8 Å². The summed E-state index contributed by atoms with van der Waals surface area (Å²) in [5.74, 6) is -0.301. The molecule has 0 amide bonds. The van der Waals surface area contributed by atoms with Crippen LogP contribution in [0.3, 0.4) is 0 Å². The number of pyridine rings is 1. The molecule has 0 aliphatic heterocycles. The lowest BCUT2D eigenvalue weighted by Gasteiger charge is -2.00. The molecule has 2 aromatic heterocycles. The summed E-state index contributed by atoms with van der Waals surface area (Å²) in [6.45, 7) is 2.00. The fourth-order valence-electron chi connectivity index (χ4n) is 1.98. The van der Waals surface area contributed by atoms with Gasteiger partial charge in [-0.1, -0.05) is 24.3 Å². The summed E-state index contributed by atoms with van der Waals surface area (Å²) in [5.41, 5.74) is 3.37. The van der Waals surface area contributed by atoms with Crippen LogP contribution in [0.1, 0.15) is 15.9 Å². The summed E-state index contributed by atoms with van der Waals surface area (Å²) in [5, 5.41) is 8.94. The minimum absolute atomic E-state index is 0.146. The minimum atomic E-state index is -0.999. The number of nitrogens with one attached hydrogen (secondary N) is 1. The van der Waals surface area contributed by atoms with Crippen molar-refractivity contribution in [3.63, 3.8) is 0 Å². The van der Waals surface area contributed by atoms with Gasteiger partial charge >= 0.3 is 5.97 Å². The number of fused-ring (bicyclic) bond motifs is 1. The van der Waals surface area contributed by atoms with Gasteiger partial charge in [0.25, 0.3) is 0 Å². The standard InChI is InChI=1S/C14H11N3O2/c1-8-4-2-3-5-10(8)12-16-11-6-9(14(18)19)7-15-13(11)17-12/h2-7H,1H3,(H,18,19)(H,15,16,17). The lowest BCUT2D eigenvalue weighted by Crippen LogP contribution is -1.96. The Bertz CT molecular complexity index is 777. The molecule has 5 heteroatoms. The van der Waals surface area contributed by atoms with Crippen molar-refractivity contribution in [2.75, 3.05) is 0 Å². The van der Waals surface area contributed by atoms with Crippen LogP contribution in [0.15, 0.2) is 36.5 Å². The quantitative estimate of drug-likeness (QED) is 0.735. The topological polar surface area (TPSA) is 78.9 Å². The largest absolute Gasteiger partial charge is 0.478 e. The Morgan fingerprint density at radius 1 is 1.32 bits per heavy atom. The lowest BCUT2D eigenvalue weighted by molar-refractivity contribution is 0.0696. The van der Waals surface area contributed by atoms with Gasteiger partial charge in [0.1, 0.15) is 5.82 Å². The van der Waals surface area contributed by atoms with E-state index in [0.29, 0.717) is 17.0 Å². The van der Waals surface area contributed by atoms with Gasteiger partial charge < -0.3 is 10.1 Å². The average Bonchev–Trinajstić information content (AvgIpc) is 2.81. The number of benzene rings is 1. The molecule has 94 valence electrons. The molecule has 0 saturated heterocycles. The molecule has 0 atom stereocenters. The first kappa shape index (κ1) is 11.4. The van der Waals surface area contributed by atoms with Crippen LogP contribution < -0.4 is 0 Å². The van der Waals surface area contributed by atoms with Gasteiger partial charge in [-0.3, -0.25) is 0 Å². The number of nitrogens with zero attached hydrogens (tertiary/aromatic N) is 2. The number of carboxylic acids is 1. The summed E-state index contributed by atoms with van der Waals surface area (Å²) in [7, 11) is 0. The zero-order chi connectivity index (χ0) is 13.4. The van der Waals surface area contributed by atoms with Gasteiger partial charge in [0.2, 0.25) is 0 Å². The zero-order valence-electron chi connectivity index (χ0n) is 10.2. The Labute approximate surface area is 109 Å². The number of aromatic carboxylic acids is 1. The molecule has 0 unspecified atom stereocenters. The highest BCUT2D eigenvalue weighted by Crippen LogP contribution is 2.22. The molecule has 3 rings (SSSR count). The van der Waals surface area contributed by atoms with Crippen LogP contribution in [-0.4, -0.2) is 26.0 Å². The molecule has 2 heterocycles.